The average molecular weight is 493 g/mol. The second-order valence-electron chi connectivity index (χ2n) is 8.32. The van der Waals surface area contributed by atoms with E-state index in [2.05, 4.69) is 0 Å². The fraction of sp³-hybridized carbons (Fsp3) is 0.455. The fourth-order valence-electron chi connectivity index (χ4n) is 4.56. The molecule has 1 aliphatic heterocycles. The van der Waals surface area contributed by atoms with Crippen LogP contribution < -0.4 is 4.74 Å². The van der Waals surface area contributed by atoms with Crippen molar-refractivity contribution in [2.75, 3.05) is 6.54 Å². The van der Waals surface area contributed by atoms with Crippen LogP contribution in [-0.2, 0) is 29.0 Å². The van der Waals surface area contributed by atoms with Crippen molar-refractivity contribution in [3.8, 4) is 11.5 Å². The topological polar surface area (TPSA) is 46.6 Å². The SMILES string of the molecule is O=S(=O)(C1CCC(N2CCc3c(cccc3Oc3ccc(C(F)(F)F)cc3)C2)C1)C(F)(F)F. The van der Waals surface area contributed by atoms with Gasteiger partial charge in [0.2, 0.25) is 0 Å². The van der Waals surface area contributed by atoms with E-state index in [0.717, 1.165) is 23.3 Å². The first-order valence-electron chi connectivity index (χ1n) is 10.4. The van der Waals surface area contributed by atoms with E-state index in [-0.39, 0.29) is 24.6 Å². The van der Waals surface area contributed by atoms with Gasteiger partial charge in [0.1, 0.15) is 11.5 Å². The van der Waals surface area contributed by atoms with Gasteiger partial charge in [-0.05, 0) is 61.6 Å². The van der Waals surface area contributed by atoms with E-state index >= 15 is 0 Å². The molecule has 4 rings (SSSR count). The van der Waals surface area contributed by atoms with E-state index in [0.29, 0.717) is 31.7 Å². The molecule has 1 heterocycles. The zero-order valence-corrected chi connectivity index (χ0v) is 18.1. The Morgan fingerprint density at radius 3 is 2.27 bits per heavy atom. The summed E-state index contributed by atoms with van der Waals surface area (Å²) >= 11 is 0. The van der Waals surface area contributed by atoms with Gasteiger partial charge in [0.25, 0.3) is 9.84 Å². The van der Waals surface area contributed by atoms with Gasteiger partial charge in [0, 0.05) is 24.7 Å². The number of halogens is 6. The fourth-order valence-corrected chi connectivity index (χ4v) is 5.86. The summed E-state index contributed by atoms with van der Waals surface area (Å²) in [5.41, 5.74) is -4.24. The van der Waals surface area contributed by atoms with Crippen LogP contribution in [0.2, 0.25) is 0 Å². The first-order chi connectivity index (χ1) is 15.4. The van der Waals surface area contributed by atoms with Gasteiger partial charge in [-0.25, -0.2) is 8.42 Å². The summed E-state index contributed by atoms with van der Waals surface area (Å²) in [7, 11) is -5.18. The van der Waals surface area contributed by atoms with Crippen molar-refractivity contribution < 1.29 is 39.5 Å². The molecule has 0 saturated heterocycles. The highest BCUT2D eigenvalue weighted by Gasteiger charge is 2.52. The Hall–Kier alpha value is -2.27. The Balaban J connectivity index is 1.45. The summed E-state index contributed by atoms with van der Waals surface area (Å²) < 4.78 is 106. The van der Waals surface area contributed by atoms with Gasteiger partial charge in [0.05, 0.1) is 10.8 Å². The first-order valence-corrected chi connectivity index (χ1v) is 11.9. The molecule has 1 fully saturated rings. The predicted octanol–water partition coefficient (Wildman–Crippen LogP) is 5.71. The standard InChI is InChI=1S/C22H21F6NO3S/c23-21(24,25)15-4-7-17(8-5-15)32-20-3-1-2-14-13-29(11-10-19(14)20)16-6-9-18(12-16)33(30,31)22(26,27)28/h1-5,7-8,16,18H,6,9-13H2. The molecule has 2 atom stereocenters. The van der Waals surface area contributed by atoms with Gasteiger partial charge in [0.15, 0.2) is 0 Å². The van der Waals surface area contributed by atoms with Gasteiger partial charge >= 0.3 is 11.7 Å². The number of benzene rings is 2. The van der Waals surface area contributed by atoms with Gasteiger partial charge < -0.3 is 4.74 Å². The summed E-state index contributed by atoms with van der Waals surface area (Å²) in [6.45, 7) is 0.951. The molecule has 2 unspecified atom stereocenters. The van der Waals surface area contributed by atoms with Crippen LogP contribution in [0.5, 0.6) is 11.5 Å². The molecule has 1 saturated carbocycles. The maximum absolute atomic E-state index is 12.9. The van der Waals surface area contributed by atoms with Crippen molar-refractivity contribution in [3.63, 3.8) is 0 Å². The monoisotopic (exact) mass is 493 g/mol. The van der Waals surface area contributed by atoms with Crippen molar-refractivity contribution in [1.29, 1.82) is 0 Å². The normalized spacial score (nSPS) is 22.2. The Bertz CT molecular complexity index is 1110. The largest absolute Gasteiger partial charge is 0.497 e. The van der Waals surface area contributed by atoms with Gasteiger partial charge in [-0.2, -0.15) is 26.3 Å². The molecular weight excluding hydrogens is 472 g/mol. The van der Waals surface area contributed by atoms with Crippen LogP contribution in [-0.4, -0.2) is 36.7 Å². The quantitative estimate of drug-likeness (QED) is 0.512. The molecule has 2 aromatic carbocycles. The smallest absolute Gasteiger partial charge is 0.457 e. The lowest BCUT2D eigenvalue weighted by atomic mass is 9.97. The second-order valence-corrected chi connectivity index (χ2v) is 10.5. The zero-order chi connectivity index (χ0) is 24.0. The lowest BCUT2D eigenvalue weighted by molar-refractivity contribution is -0.137. The molecule has 0 radical (unpaired) electrons. The van der Waals surface area contributed by atoms with Crippen LogP contribution in [0.4, 0.5) is 26.3 Å². The molecule has 0 N–H and O–H groups in total. The van der Waals surface area contributed by atoms with Crippen LogP contribution in [0, 0.1) is 0 Å². The summed E-state index contributed by atoms with van der Waals surface area (Å²) in [6, 6.07) is 9.44. The van der Waals surface area contributed by atoms with E-state index in [1.807, 2.05) is 11.0 Å². The highest BCUT2D eigenvalue weighted by molar-refractivity contribution is 7.92. The van der Waals surface area contributed by atoms with Crippen LogP contribution in [0.1, 0.15) is 36.0 Å². The summed E-state index contributed by atoms with van der Waals surface area (Å²) in [5, 5.41) is -1.42. The minimum atomic E-state index is -5.24. The lowest BCUT2D eigenvalue weighted by Crippen LogP contribution is -2.39. The highest BCUT2D eigenvalue weighted by Crippen LogP contribution is 2.39. The van der Waals surface area contributed by atoms with Crippen molar-refractivity contribution in [2.24, 2.45) is 0 Å². The maximum atomic E-state index is 12.9. The van der Waals surface area contributed by atoms with Gasteiger partial charge in [-0.1, -0.05) is 12.1 Å². The molecule has 0 spiro atoms. The molecule has 0 aromatic heterocycles. The van der Waals surface area contributed by atoms with Crippen molar-refractivity contribution in [3.05, 3.63) is 59.2 Å². The van der Waals surface area contributed by atoms with Crippen LogP contribution >= 0.6 is 0 Å². The van der Waals surface area contributed by atoms with Gasteiger partial charge in [-0.3, -0.25) is 4.90 Å². The van der Waals surface area contributed by atoms with Gasteiger partial charge in [-0.15, -0.1) is 0 Å². The van der Waals surface area contributed by atoms with Crippen LogP contribution in [0.15, 0.2) is 42.5 Å². The van der Waals surface area contributed by atoms with Crippen molar-refractivity contribution >= 4 is 9.84 Å². The summed E-state index contributed by atoms with van der Waals surface area (Å²) in [4.78, 5) is 2.00. The number of rotatable bonds is 4. The molecule has 0 amide bonds. The van der Waals surface area contributed by atoms with E-state index < -0.39 is 32.3 Å². The van der Waals surface area contributed by atoms with Crippen molar-refractivity contribution in [1.82, 2.24) is 4.90 Å². The molecule has 1 aliphatic carbocycles. The second kappa shape index (κ2) is 8.50. The Morgan fingerprint density at radius 2 is 1.64 bits per heavy atom. The molecular formula is C22H21F6NO3S. The van der Waals surface area contributed by atoms with Crippen molar-refractivity contribution in [2.45, 2.75) is 55.2 Å². The molecule has 2 aromatic rings. The zero-order valence-electron chi connectivity index (χ0n) is 17.3. The number of ether oxygens (including phenoxy) is 1. The molecule has 33 heavy (non-hydrogen) atoms. The van der Waals surface area contributed by atoms with Crippen LogP contribution in [0.3, 0.4) is 0 Å². The average Bonchev–Trinajstić information content (AvgIpc) is 3.24. The van der Waals surface area contributed by atoms with E-state index in [4.69, 9.17) is 4.74 Å². The Morgan fingerprint density at radius 1 is 0.939 bits per heavy atom. The number of hydrogen-bond donors (Lipinski definition) is 0. The molecule has 4 nitrogen and oxygen atoms in total. The number of sulfone groups is 1. The summed E-state index contributed by atoms with van der Waals surface area (Å²) in [5.74, 6) is 0.769. The predicted molar refractivity (Wildman–Crippen MR) is 108 cm³/mol. The Kier molecular flexibility index (Phi) is 6.15. The Labute approximate surface area is 187 Å². The molecule has 0 bridgehead atoms. The molecule has 180 valence electrons. The highest BCUT2D eigenvalue weighted by atomic mass is 32.2. The third kappa shape index (κ3) is 4.84. The summed E-state index contributed by atoms with van der Waals surface area (Å²) in [6.07, 6.45) is -3.62. The van der Waals surface area contributed by atoms with Crippen LogP contribution in [0.25, 0.3) is 0 Å². The minimum Gasteiger partial charge on any atom is -0.457 e. The number of fused-ring (bicyclic) bond motifs is 1. The third-order valence-corrected chi connectivity index (χ3v) is 8.25. The maximum Gasteiger partial charge on any atom is 0.497 e. The van der Waals surface area contributed by atoms with E-state index in [9.17, 15) is 34.8 Å². The number of alkyl halides is 6. The molecule has 11 heteroatoms. The number of hydrogen-bond acceptors (Lipinski definition) is 4. The molecule has 2 aliphatic rings. The number of nitrogens with zero attached hydrogens (tertiary/aromatic N) is 1. The third-order valence-electron chi connectivity index (χ3n) is 6.30. The minimum absolute atomic E-state index is 0.0209. The van der Waals surface area contributed by atoms with E-state index in [1.54, 1.807) is 12.1 Å². The lowest BCUT2D eigenvalue weighted by Gasteiger charge is -2.34. The first kappa shape index (κ1) is 23.9. The van der Waals surface area contributed by atoms with E-state index in [1.165, 1.54) is 12.1 Å².